The summed E-state index contributed by atoms with van der Waals surface area (Å²) in [5, 5.41) is 9.76. The van der Waals surface area contributed by atoms with Crippen molar-refractivity contribution in [3.05, 3.63) is 23.2 Å². The normalized spacial score (nSPS) is 23.2. The van der Waals surface area contributed by atoms with Crippen LogP contribution >= 0.6 is 11.6 Å². The zero-order chi connectivity index (χ0) is 16.5. The minimum atomic E-state index is -3.71. The van der Waals surface area contributed by atoms with Crippen LogP contribution in [-0.2, 0) is 10.0 Å². The Hall–Kier alpha value is -0.860. The average Bonchev–Trinajstić information content (AvgIpc) is 2.92. The molecule has 0 aliphatic carbocycles. The number of methoxy groups -OCH3 is 1. The number of hydrogen-bond donors (Lipinski definition) is 1. The van der Waals surface area contributed by atoms with E-state index in [0.29, 0.717) is 18.7 Å². The molecule has 2 rings (SSSR count). The van der Waals surface area contributed by atoms with E-state index in [9.17, 15) is 13.5 Å². The van der Waals surface area contributed by atoms with Crippen molar-refractivity contribution in [1.82, 2.24) is 9.21 Å². The van der Waals surface area contributed by atoms with Gasteiger partial charge in [0.15, 0.2) is 0 Å². The van der Waals surface area contributed by atoms with Crippen LogP contribution < -0.4 is 4.74 Å². The fourth-order valence-corrected chi connectivity index (χ4v) is 4.65. The number of aliphatic hydroxyl groups excluding tert-OH is 1. The highest BCUT2D eigenvalue weighted by Crippen LogP contribution is 2.32. The largest absolute Gasteiger partial charge is 0.495 e. The van der Waals surface area contributed by atoms with E-state index in [-0.39, 0.29) is 22.6 Å². The van der Waals surface area contributed by atoms with Gasteiger partial charge in [-0.1, -0.05) is 11.6 Å². The second-order valence-corrected chi connectivity index (χ2v) is 7.86. The molecule has 6 nitrogen and oxygen atoms in total. The third-order valence-electron chi connectivity index (χ3n) is 4.01. The Morgan fingerprint density at radius 1 is 1.45 bits per heavy atom. The molecule has 124 valence electrons. The highest BCUT2D eigenvalue weighted by Gasteiger charge is 2.40. The van der Waals surface area contributed by atoms with Crippen LogP contribution in [0.3, 0.4) is 0 Å². The van der Waals surface area contributed by atoms with E-state index in [0.717, 1.165) is 0 Å². The molecule has 8 heteroatoms. The fourth-order valence-electron chi connectivity index (χ4n) is 2.64. The molecule has 0 saturated carbocycles. The monoisotopic (exact) mass is 348 g/mol. The van der Waals surface area contributed by atoms with Crippen LogP contribution in [0.15, 0.2) is 23.1 Å². The van der Waals surface area contributed by atoms with Crippen LogP contribution in [0.4, 0.5) is 0 Å². The second kappa shape index (κ2) is 6.72. The predicted molar refractivity (Wildman–Crippen MR) is 84.9 cm³/mol. The van der Waals surface area contributed by atoms with E-state index in [4.69, 9.17) is 16.3 Å². The first-order valence-electron chi connectivity index (χ1n) is 6.94. The molecular formula is C14H21ClN2O4S. The molecule has 1 fully saturated rings. The van der Waals surface area contributed by atoms with Crippen LogP contribution in [0, 0.1) is 0 Å². The molecule has 1 aromatic rings. The molecular weight excluding hydrogens is 328 g/mol. The first kappa shape index (κ1) is 17.5. The number of benzene rings is 1. The van der Waals surface area contributed by atoms with E-state index in [1.807, 2.05) is 19.0 Å². The first-order chi connectivity index (χ1) is 10.3. The zero-order valence-corrected chi connectivity index (χ0v) is 14.4. The Morgan fingerprint density at radius 3 is 2.64 bits per heavy atom. The number of hydrogen-bond acceptors (Lipinski definition) is 5. The summed E-state index contributed by atoms with van der Waals surface area (Å²) in [6.45, 7) is 0.150. The van der Waals surface area contributed by atoms with Crippen LogP contribution in [-0.4, -0.2) is 69.2 Å². The predicted octanol–water partition coefficient (Wildman–Crippen LogP) is 1.03. The van der Waals surface area contributed by atoms with Crippen molar-refractivity contribution >= 4 is 21.6 Å². The summed E-state index contributed by atoms with van der Waals surface area (Å²) >= 11 is 6.03. The average molecular weight is 349 g/mol. The minimum Gasteiger partial charge on any atom is -0.495 e. The van der Waals surface area contributed by atoms with E-state index in [2.05, 4.69) is 0 Å². The highest BCUT2D eigenvalue weighted by atomic mass is 35.5. The number of ether oxygens (including phenoxy) is 1. The third-order valence-corrected chi connectivity index (χ3v) is 6.22. The highest BCUT2D eigenvalue weighted by molar-refractivity contribution is 7.89. The van der Waals surface area contributed by atoms with Gasteiger partial charge in [0, 0.05) is 18.6 Å². The summed E-state index contributed by atoms with van der Waals surface area (Å²) in [6, 6.07) is 4.05. The molecule has 2 atom stereocenters. The summed E-state index contributed by atoms with van der Waals surface area (Å²) < 4.78 is 32.0. The Bertz CT molecular complexity index is 636. The molecule has 0 bridgehead atoms. The molecule has 0 aromatic heterocycles. The number of halogens is 1. The topological polar surface area (TPSA) is 70.1 Å². The Labute approximate surface area is 136 Å². The molecule has 1 heterocycles. The van der Waals surface area contributed by atoms with Crippen molar-refractivity contribution in [2.45, 2.75) is 23.4 Å². The lowest BCUT2D eigenvalue weighted by Crippen LogP contribution is -2.38. The summed E-state index contributed by atoms with van der Waals surface area (Å²) in [4.78, 5) is 2.08. The van der Waals surface area contributed by atoms with Gasteiger partial charge in [0.25, 0.3) is 0 Å². The quantitative estimate of drug-likeness (QED) is 0.860. The van der Waals surface area contributed by atoms with Crippen LogP contribution in [0.2, 0.25) is 5.02 Å². The van der Waals surface area contributed by atoms with Crippen molar-refractivity contribution in [2.75, 3.05) is 34.4 Å². The van der Waals surface area contributed by atoms with Gasteiger partial charge in [0.1, 0.15) is 5.75 Å². The van der Waals surface area contributed by atoms with Crippen molar-refractivity contribution in [3.63, 3.8) is 0 Å². The number of nitrogens with zero attached hydrogens (tertiary/aromatic N) is 2. The van der Waals surface area contributed by atoms with Gasteiger partial charge >= 0.3 is 0 Å². The standard InChI is InChI=1S/C14H21ClN2O4S/c1-16(2)10-6-11(9-18)17(8-10)22(19,20)12-4-5-14(21-3)13(15)7-12/h4-5,7,10-11,18H,6,8-9H2,1-3H3/t10-,11+/m1/s1. The molecule has 0 spiro atoms. The molecule has 1 aliphatic heterocycles. The van der Waals surface area contributed by atoms with Gasteiger partial charge in [-0.2, -0.15) is 4.31 Å². The van der Waals surface area contributed by atoms with Gasteiger partial charge < -0.3 is 14.7 Å². The molecule has 0 unspecified atom stereocenters. The fraction of sp³-hybridized carbons (Fsp3) is 0.571. The number of likely N-dealkylation sites (N-methyl/N-ethyl adjacent to an activating group) is 1. The maximum Gasteiger partial charge on any atom is 0.243 e. The van der Waals surface area contributed by atoms with Gasteiger partial charge in [0.2, 0.25) is 10.0 Å². The Morgan fingerprint density at radius 2 is 2.14 bits per heavy atom. The minimum absolute atomic E-state index is 0.0839. The number of aliphatic hydroxyl groups is 1. The van der Waals surface area contributed by atoms with Crippen LogP contribution in [0.25, 0.3) is 0 Å². The maximum absolute atomic E-state index is 12.8. The van der Waals surface area contributed by atoms with Gasteiger partial charge in [0.05, 0.1) is 23.6 Å². The molecule has 1 aliphatic rings. The van der Waals surface area contributed by atoms with Crippen LogP contribution in [0.1, 0.15) is 6.42 Å². The van der Waals surface area contributed by atoms with E-state index < -0.39 is 16.1 Å². The summed E-state index contributed by atoms with van der Waals surface area (Å²) in [6.07, 6.45) is 0.604. The maximum atomic E-state index is 12.8. The van der Waals surface area contributed by atoms with Crippen molar-refractivity contribution in [1.29, 1.82) is 0 Å². The Kier molecular flexibility index (Phi) is 5.34. The van der Waals surface area contributed by atoms with E-state index in [1.54, 1.807) is 0 Å². The van der Waals surface area contributed by atoms with Gasteiger partial charge in [-0.05, 0) is 38.7 Å². The molecule has 1 N–H and O–H groups in total. The molecule has 0 amide bonds. The molecule has 0 radical (unpaired) electrons. The van der Waals surface area contributed by atoms with E-state index >= 15 is 0 Å². The van der Waals surface area contributed by atoms with Crippen molar-refractivity contribution in [3.8, 4) is 5.75 Å². The number of rotatable bonds is 5. The zero-order valence-electron chi connectivity index (χ0n) is 12.9. The van der Waals surface area contributed by atoms with Gasteiger partial charge in [-0.3, -0.25) is 0 Å². The lowest BCUT2D eigenvalue weighted by atomic mass is 10.2. The lowest BCUT2D eigenvalue weighted by Gasteiger charge is -2.23. The third kappa shape index (κ3) is 3.23. The number of sulfonamides is 1. The van der Waals surface area contributed by atoms with Gasteiger partial charge in [-0.25, -0.2) is 8.42 Å². The van der Waals surface area contributed by atoms with E-state index in [1.165, 1.54) is 29.6 Å². The summed E-state index contributed by atoms with van der Waals surface area (Å²) in [5.41, 5.74) is 0. The van der Waals surface area contributed by atoms with Gasteiger partial charge in [-0.15, -0.1) is 0 Å². The van der Waals surface area contributed by atoms with Crippen molar-refractivity contribution < 1.29 is 18.3 Å². The summed E-state index contributed by atoms with van der Waals surface area (Å²) in [5.74, 6) is 0.423. The first-order valence-corrected chi connectivity index (χ1v) is 8.75. The molecule has 1 saturated heterocycles. The Balaban J connectivity index is 2.35. The summed E-state index contributed by atoms with van der Waals surface area (Å²) in [7, 11) is 1.57. The van der Waals surface area contributed by atoms with Crippen LogP contribution in [0.5, 0.6) is 5.75 Å². The SMILES string of the molecule is COc1ccc(S(=O)(=O)N2C[C@H](N(C)C)C[C@H]2CO)cc1Cl. The lowest BCUT2D eigenvalue weighted by molar-refractivity contribution is 0.212. The smallest absolute Gasteiger partial charge is 0.243 e. The second-order valence-electron chi connectivity index (χ2n) is 5.56. The molecule has 22 heavy (non-hydrogen) atoms. The molecule has 1 aromatic carbocycles. The van der Waals surface area contributed by atoms with Crippen molar-refractivity contribution in [2.24, 2.45) is 0 Å².